The zero-order valence-corrected chi connectivity index (χ0v) is 17.8. The maximum atomic E-state index is 12.6. The molecule has 0 atom stereocenters. The lowest BCUT2D eigenvalue weighted by molar-refractivity contribution is 0.223. The van der Waals surface area contributed by atoms with E-state index in [2.05, 4.69) is 34.1 Å². The number of rotatable bonds is 3. The first-order chi connectivity index (χ1) is 14.6. The largest absolute Gasteiger partial charge is 0.371 e. The van der Waals surface area contributed by atoms with Gasteiger partial charge >= 0.3 is 6.03 Å². The van der Waals surface area contributed by atoms with Crippen molar-refractivity contribution in [3.8, 4) is 6.07 Å². The number of amides is 2. The van der Waals surface area contributed by atoms with Gasteiger partial charge in [0.05, 0.1) is 22.2 Å². The quantitative estimate of drug-likeness (QED) is 0.558. The number of nitriles is 1. The summed E-state index contributed by atoms with van der Waals surface area (Å²) in [4.78, 5) is 19.3. The second kappa shape index (κ2) is 8.82. The van der Waals surface area contributed by atoms with Crippen LogP contribution in [0.15, 0.2) is 54.7 Å². The number of piperidine rings is 1. The van der Waals surface area contributed by atoms with Crippen LogP contribution in [0, 0.1) is 11.3 Å². The van der Waals surface area contributed by atoms with Gasteiger partial charge in [0.1, 0.15) is 0 Å². The first kappa shape index (κ1) is 20.3. The minimum Gasteiger partial charge on any atom is -0.371 e. The molecule has 1 aliphatic heterocycles. The molecule has 4 rings (SSSR count). The highest BCUT2D eigenvalue weighted by molar-refractivity contribution is 7.78. The lowest BCUT2D eigenvalue weighted by Gasteiger charge is -2.37. The standard InChI is InChI=1S/C22H20ClN5OS/c23-19-3-1-2-18-20(8-11-25-21(18)19)27-12-9-17(10-13-27)28(30)22(29)26-16-6-4-15(14-24)5-7-16/h1-8,11,17,30H,9-10,12-13H2,(H,26,29). The highest BCUT2D eigenvalue weighted by atomic mass is 35.5. The van der Waals surface area contributed by atoms with Crippen molar-refractivity contribution in [3.63, 3.8) is 0 Å². The van der Waals surface area contributed by atoms with Gasteiger partial charge in [-0.2, -0.15) is 5.26 Å². The van der Waals surface area contributed by atoms with Crippen molar-refractivity contribution in [1.29, 1.82) is 5.26 Å². The Labute approximate surface area is 185 Å². The van der Waals surface area contributed by atoms with Gasteiger partial charge in [-0.05, 0) is 49.2 Å². The molecule has 1 saturated heterocycles. The molecule has 30 heavy (non-hydrogen) atoms. The summed E-state index contributed by atoms with van der Waals surface area (Å²) in [7, 11) is 0. The Hall–Kier alpha value is -2.95. The van der Waals surface area contributed by atoms with E-state index in [4.69, 9.17) is 16.9 Å². The molecule has 2 aromatic carbocycles. The number of para-hydroxylation sites is 1. The molecular formula is C22H20ClN5OS. The van der Waals surface area contributed by atoms with E-state index in [1.54, 1.807) is 30.5 Å². The normalized spacial score (nSPS) is 14.4. The van der Waals surface area contributed by atoms with Crippen LogP contribution in [-0.4, -0.2) is 34.5 Å². The fourth-order valence-electron chi connectivity index (χ4n) is 3.73. The van der Waals surface area contributed by atoms with Crippen LogP contribution >= 0.6 is 24.4 Å². The number of nitrogens with zero attached hydrogens (tertiary/aromatic N) is 4. The molecule has 2 amide bonds. The average molecular weight is 438 g/mol. The van der Waals surface area contributed by atoms with E-state index >= 15 is 0 Å². The van der Waals surface area contributed by atoms with Crippen LogP contribution in [0.1, 0.15) is 18.4 Å². The van der Waals surface area contributed by atoms with Gasteiger partial charge in [-0.15, -0.1) is 0 Å². The average Bonchev–Trinajstić information content (AvgIpc) is 2.79. The number of anilines is 2. The Bertz CT molecular complexity index is 1110. The van der Waals surface area contributed by atoms with Gasteiger partial charge in [0.15, 0.2) is 0 Å². The van der Waals surface area contributed by atoms with Crippen molar-refractivity contribution in [2.24, 2.45) is 0 Å². The number of carbonyl (C=O) groups excluding carboxylic acids is 1. The smallest absolute Gasteiger partial charge is 0.331 e. The molecule has 6 nitrogen and oxygen atoms in total. The molecule has 0 spiro atoms. The molecule has 1 N–H and O–H groups in total. The number of halogens is 1. The van der Waals surface area contributed by atoms with Crippen LogP contribution in [0.2, 0.25) is 5.02 Å². The summed E-state index contributed by atoms with van der Waals surface area (Å²) in [6.45, 7) is 1.61. The molecule has 0 bridgehead atoms. The summed E-state index contributed by atoms with van der Waals surface area (Å²) in [6, 6.07) is 16.4. The number of benzene rings is 2. The number of aromatic nitrogens is 1. The minimum atomic E-state index is -0.275. The van der Waals surface area contributed by atoms with Crippen LogP contribution in [-0.2, 0) is 0 Å². The third-order valence-corrected chi connectivity index (χ3v) is 6.14. The van der Waals surface area contributed by atoms with Gasteiger partial charge in [-0.3, -0.25) is 9.29 Å². The maximum absolute atomic E-state index is 12.6. The number of thiol groups is 1. The third-order valence-electron chi connectivity index (χ3n) is 5.32. The first-order valence-corrected chi connectivity index (χ1v) is 10.4. The number of hydrogen-bond acceptors (Lipinski definition) is 5. The molecule has 0 aliphatic carbocycles. The van der Waals surface area contributed by atoms with Crippen molar-refractivity contribution < 1.29 is 4.79 Å². The topological polar surface area (TPSA) is 72.3 Å². The molecule has 8 heteroatoms. The van der Waals surface area contributed by atoms with Crippen LogP contribution in [0.5, 0.6) is 0 Å². The number of nitrogens with one attached hydrogen (secondary N) is 1. The van der Waals surface area contributed by atoms with Gasteiger partial charge in [-0.25, -0.2) is 4.79 Å². The lowest BCUT2D eigenvalue weighted by Crippen LogP contribution is -2.44. The molecule has 1 aliphatic rings. The molecule has 1 fully saturated rings. The summed E-state index contributed by atoms with van der Waals surface area (Å²) < 4.78 is 1.47. The highest BCUT2D eigenvalue weighted by Gasteiger charge is 2.27. The molecular weight excluding hydrogens is 418 g/mol. The predicted octanol–water partition coefficient (Wildman–Crippen LogP) is 5.11. The Morgan fingerprint density at radius 3 is 2.63 bits per heavy atom. The molecule has 0 radical (unpaired) electrons. The summed E-state index contributed by atoms with van der Waals surface area (Å²) in [5, 5.41) is 13.4. The van der Waals surface area contributed by atoms with Crippen molar-refractivity contribution in [2.45, 2.75) is 18.9 Å². The van der Waals surface area contributed by atoms with E-state index in [0.717, 1.165) is 42.5 Å². The fourth-order valence-corrected chi connectivity index (χ4v) is 4.23. The highest BCUT2D eigenvalue weighted by Crippen LogP contribution is 2.32. The molecule has 0 saturated carbocycles. The SMILES string of the molecule is N#Cc1ccc(NC(=O)N(S)C2CCN(c3ccnc4c(Cl)cccc34)CC2)cc1. The number of carbonyl (C=O) groups is 1. The predicted molar refractivity (Wildman–Crippen MR) is 123 cm³/mol. The summed E-state index contributed by atoms with van der Waals surface area (Å²) >= 11 is 10.7. The zero-order valence-electron chi connectivity index (χ0n) is 16.1. The van der Waals surface area contributed by atoms with Gasteiger partial charge in [-0.1, -0.05) is 36.5 Å². The molecule has 152 valence electrons. The van der Waals surface area contributed by atoms with Crippen molar-refractivity contribution in [1.82, 2.24) is 9.29 Å². The number of pyridine rings is 1. The third kappa shape index (κ3) is 4.16. The zero-order chi connectivity index (χ0) is 21.1. The Morgan fingerprint density at radius 1 is 1.20 bits per heavy atom. The van der Waals surface area contributed by atoms with E-state index in [1.165, 1.54) is 4.31 Å². The lowest BCUT2D eigenvalue weighted by atomic mass is 10.0. The van der Waals surface area contributed by atoms with E-state index in [-0.39, 0.29) is 12.1 Å². The van der Waals surface area contributed by atoms with E-state index in [0.29, 0.717) is 16.3 Å². The second-order valence-corrected chi connectivity index (χ2v) is 7.99. The Morgan fingerprint density at radius 2 is 1.93 bits per heavy atom. The van der Waals surface area contributed by atoms with Crippen molar-refractivity contribution >= 4 is 52.7 Å². The van der Waals surface area contributed by atoms with Gasteiger partial charge < -0.3 is 10.2 Å². The van der Waals surface area contributed by atoms with Crippen LogP contribution < -0.4 is 10.2 Å². The summed E-state index contributed by atoms with van der Waals surface area (Å²) in [5.74, 6) is 0. The molecule has 1 aromatic heterocycles. The maximum Gasteiger partial charge on any atom is 0.331 e. The van der Waals surface area contributed by atoms with Crippen LogP contribution in [0.25, 0.3) is 10.9 Å². The minimum absolute atomic E-state index is 0.0275. The number of fused-ring (bicyclic) bond motifs is 1. The van der Waals surface area contributed by atoms with Crippen LogP contribution in [0.3, 0.4) is 0 Å². The number of hydrogen-bond donors (Lipinski definition) is 2. The second-order valence-electron chi connectivity index (χ2n) is 7.15. The van der Waals surface area contributed by atoms with Crippen LogP contribution in [0.4, 0.5) is 16.2 Å². The molecule has 3 aromatic rings. The van der Waals surface area contributed by atoms with Gasteiger partial charge in [0.2, 0.25) is 0 Å². The monoisotopic (exact) mass is 437 g/mol. The Kier molecular flexibility index (Phi) is 5.98. The summed E-state index contributed by atoms with van der Waals surface area (Å²) in [6.07, 6.45) is 3.38. The van der Waals surface area contributed by atoms with E-state index in [9.17, 15) is 4.79 Å². The van der Waals surface area contributed by atoms with Gasteiger partial charge in [0.25, 0.3) is 0 Å². The van der Waals surface area contributed by atoms with E-state index < -0.39 is 0 Å². The van der Waals surface area contributed by atoms with Crippen molar-refractivity contribution in [3.05, 3.63) is 65.3 Å². The summed E-state index contributed by atoms with van der Waals surface area (Å²) in [5.41, 5.74) is 3.09. The Balaban J connectivity index is 1.40. The number of urea groups is 1. The van der Waals surface area contributed by atoms with Crippen molar-refractivity contribution in [2.75, 3.05) is 23.3 Å². The van der Waals surface area contributed by atoms with Gasteiger partial charge in [0, 0.05) is 42.1 Å². The first-order valence-electron chi connectivity index (χ1n) is 9.64. The molecule has 2 heterocycles. The fraction of sp³-hybridized carbons (Fsp3) is 0.227. The molecule has 0 unspecified atom stereocenters. The van der Waals surface area contributed by atoms with E-state index in [1.807, 2.05) is 24.3 Å².